The van der Waals surface area contributed by atoms with Gasteiger partial charge >= 0.3 is 5.97 Å². The van der Waals surface area contributed by atoms with Crippen LogP contribution in [0.2, 0.25) is 0 Å². The van der Waals surface area contributed by atoms with E-state index in [0.717, 1.165) is 0 Å². The molecule has 0 atom stereocenters. The summed E-state index contributed by atoms with van der Waals surface area (Å²) in [4.78, 5) is 28.4. The van der Waals surface area contributed by atoms with Crippen LogP contribution >= 0.6 is 0 Å². The number of ether oxygens (including phenoxy) is 1. The molecule has 1 aromatic rings. The Bertz CT molecular complexity index is 442. The summed E-state index contributed by atoms with van der Waals surface area (Å²) in [6.45, 7) is 0.585. The summed E-state index contributed by atoms with van der Waals surface area (Å²) in [6, 6.07) is 0. The van der Waals surface area contributed by atoms with Crippen LogP contribution in [-0.4, -0.2) is 36.2 Å². The first-order chi connectivity index (χ1) is 8.06. The minimum absolute atomic E-state index is 0.145. The number of hydrogen-bond acceptors (Lipinski definition) is 5. The largest absolute Gasteiger partial charge is 0.469 e. The van der Waals surface area contributed by atoms with Crippen molar-refractivity contribution in [1.82, 2.24) is 9.55 Å². The third-order valence-electron chi connectivity index (χ3n) is 2.46. The number of anilines is 1. The highest BCUT2D eigenvalue weighted by Gasteiger charge is 2.09. The Labute approximate surface area is 99.8 Å². The molecule has 0 amide bonds. The molecule has 0 unspecified atom stereocenters. The molecule has 0 spiro atoms. The SMILES string of the molecule is COC(=O)CCCN(C)c1nccn(C)c1=O. The van der Waals surface area contributed by atoms with Gasteiger partial charge in [-0.1, -0.05) is 0 Å². The molecule has 0 aliphatic heterocycles. The number of aryl methyl sites for hydroxylation is 1. The van der Waals surface area contributed by atoms with Gasteiger partial charge in [0, 0.05) is 39.5 Å². The van der Waals surface area contributed by atoms with Crippen molar-refractivity contribution in [1.29, 1.82) is 0 Å². The average molecular weight is 239 g/mol. The second-order valence-electron chi connectivity index (χ2n) is 3.77. The third kappa shape index (κ3) is 3.58. The molecule has 0 N–H and O–H groups in total. The van der Waals surface area contributed by atoms with E-state index in [2.05, 4.69) is 9.72 Å². The van der Waals surface area contributed by atoms with Crippen molar-refractivity contribution in [3.05, 3.63) is 22.7 Å². The van der Waals surface area contributed by atoms with Crippen molar-refractivity contribution in [3.8, 4) is 0 Å². The van der Waals surface area contributed by atoms with Gasteiger partial charge in [0.2, 0.25) is 0 Å². The lowest BCUT2D eigenvalue weighted by molar-refractivity contribution is -0.140. The zero-order valence-corrected chi connectivity index (χ0v) is 10.3. The maximum Gasteiger partial charge on any atom is 0.305 e. The lowest BCUT2D eigenvalue weighted by Gasteiger charge is -2.17. The lowest BCUT2D eigenvalue weighted by atomic mass is 10.3. The number of aromatic nitrogens is 2. The minimum Gasteiger partial charge on any atom is -0.469 e. The zero-order valence-electron chi connectivity index (χ0n) is 10.3. The fourth-order valence-corrected chi connectivity index (χ4v) is 1.41. The first kappa shape index (κ1) is 13.2. The van der Waals surface area contributed by atoms with Crippen LogP contribution in [0.25, 0.3) is 0 Å². The highest BCUT2D eigenvalue weighted by atomic mass is 16.5. The zero-order chi connectivity index (χ0) is 12.8. The second kappa shape index (κ2) is 6.03. The molecule has 17 heavy (non-hydrogen) atoms. The van der Waals surface area contributed by atoms with Crippen LogP contribution in [-0.2, 0) is 16.6 Å². The van der Waals surface area contributed by atoms with Crippen molar-refractivity contribution in [3.63, 3.8) is 0 Å². The molecule has 0 radical (unpaired) electrons. The molecule has 0 aliphatic carbocycles. The normalized spacial score (nSPS) is 10.1. The van der Waals surface area contributed by atoms with Gasteiger partial charge in [0.15, 0.2) is 5.82 Å². The van der Waals surface area contributed by atoms with Gasteiger partial charge in [-0.2, -0.15) is 0 Å². The predicted molar refractivity (Wildman–Crippen MR) is 64.0 cm³/mol. The van der Waals surface area contributed by atoms with Gasteiger partial charge < -0.3 is 14.2 Å². The van der Waals surface area contributed by atoms with Crippen LogP contribution in [0.4, 0.5) is 5.82 Å². The standard InChI is InChI=1S/C11H17N3O3/c1-13(7-4-5-9(15)17-3)10-11(16)14(2)8-6-12-10/h6,8H,4-5,7H2,1-3H3. The minimum atomic E-state index is -0.243. The van der Waals surface area contributed by atoms with Crippen LogP contribution in [0.1, 0.15) is 12.8 Å². The first-order valence-corrected chi connectivity index (χ1v) is 5.36. The Kier molecular flexibility index (Phi) is 4.68. The van der Waals surface area contributed by atoms with E-state index in [-0.39, 0.29) is 11.5 Å². The van der Waals surface area contributed by atoms with Crippen LogP contribution in [0.5, 0.6) is 0 Å². The molecular formula is C11H17N3O3. The Morgan fingerprint density at radius 3 is 2.94 bits per heavy atom. The Morgan fingerprint density at radius 1 is 1.59 bits per heavy atom. The van der Waals surface area contributed by atoms with Gasteiger partial charge in [0.05, 0.1) is 7.11 Å². The van der Waals surface area contributed by atoms with Gasteiger partial charge in [0.25, 0.3) is 5.56 Å². The van der Waals surface area contributed by atoms with E-state index >= 15 is 0 Å². The summed E-state index contributed by atoms with van der Waals surface area (Å²) in [6.07, 6.45) is 4.15. The van der Waals surface area contributed by atoms with E-state index < -0.39 is 0 Å². The number of carbonyl (C=O) groups is 1. The van der Waals surface area contributed by atoms with Crippen LogP contribution in [0.3, 0.4) is 0 Å². The quantitative estimate of drug-likeness (QED) is 0.685. The number of hydrogen-bond donors (Lipinski definition) is 0. The Balaban J connectivity index is 2.58. The number of carbonyl (C=O) groups excluding carboxylic acids is 1. The topological polar surface area (TPSA) is 64.4 Å². The van der Waals surface area contributed by atoms with E-state index in [9.17, 15) is 9.59 Å². The fraction of sp³-hybridized carbons (Fsp3) is 0.545. The number of esters is 1. The van der Waals surface area contributed by atoms with Crippen LogP contribution in [0.15, 0.2) is 17.2 Å². The smallest absolute Gasteiger partial charge is 0.305 e. The molecule has 1 aromatic heterocycles. The molecule has 6 heteroatoms. The molecule has 0 aliphatic rings. The van der Waals surface area contributed by atoms with Crippen molar-refractivity contribution in [2.75, 3.05) is 25.6 Å². The molecule has 1 rings (SSSR count). The molecule has 6 nitrogen and oxygen atoms in total. The maximum absolute atomic E-state index is 11.7. The molecule has 0 aromatic carbocycles. The van der Waals surface area contributed by atoms with E-state index in [1.54, 1.807) is 31.4 Å². The van der Waals surface area contributed by atoms with Crippen molar-refractivity contribution in [2.45, 2.75) is 12.8 Å². The summed E-state index contributed by atoms with van der Waals surface area (Å²) in [5, 5.41) is 0. The highest BCUT2D eigenvalue weighted by molar-refractivity contribution is 5.69. The predicted octanol–water partition coefficient (Wildman–Crippen LogP) is 0.170. The molecule has 0 fully saturated rings. The lowest BCUT2D eigenvalue weighted by Crippen LogP contribution is -2.30. The Hall–Kier alpha value is -1.85. The molecule has 94 valence electrons. The molecular weight excluding hydrogens is 222 g/mol. The van der Waals surface area contributed by atoms with Crippen molar-refractivity contribution < 1.29 is 9.53 Å². The maximum atomic E-state index is 11.7. The monoisotopic (exact) mass is 239 g/mol. The van der Waals surface area contributed by atoms with Gasteiger partial charge in [-0.3, -0.25) is 9.59 Å². The van der Waals surface area contributed by atoms with Crippen molar-refractivity contribution in [2.24, 2.45) is 7.05 Å². The van der Waals surface area contributed by atoms with Crippen molar-refractivity contribution >= 4 is 11.8 Å². The number of rotatable bonds is 5. The summed E-state index contributed by atoms with van der Waals surface area (Å²) in [5.41, 5.74) is -0.145. The van der Waals surface area contributed by atoms with Gasteiger partial charge in [0.1, 0.15) is 0 Å². The highest BCUT2D eigenvalue weighted by Crippen LogP contribution is 2.02. The fourth-order valence-electron chi connectivity index (χ4n) is 1.41. The van der Waals surface area contributed by atoms with E-state index in [4.69, 9.17) is 0 Å². The van der Waals surface area contributed by atoms with E-state index in [1.807, 2.05) is 0 Å². The Morgan fingerprint density at radius 2 is 2.29 bits per heavy atom. The summed E-state index contributed by atoms with van der Waals surface area (Å²) >= 11 is 0. The first-order valence-electron chi connectivity index (χ1n) is 5.36. The van der Waals surface area contributed by atoms with Crippen LogP contribution < -0.4 is 10.5 Å². The number of methoxy groups -OCH3 is 1. The van der Waals surface area contributed by atoms with Gasteiger partial charge in [-0.15, -0.1) is 0 Å². The molecule has 0 saturated carbocycles. The molecule has 1 heterocycles. The van der Waals surface area contributed by atoms with E-state index in [0.29, 0.717) is 25.2 Å². The summed E-state index contributed by atoms with van der Waals surface area (Å²) in [7, 11) is 4.82. The van der Waals surface area contributed by atoms with Gasteiger partial charge in [-0.05, 0) is 6.42 Å². The summed E-state index contributed by atoms with van der Waals surface area (Å²) < 4.78 is 6.01. The molecule has 0 bridgehead atoms. The third-order valence-corrected chi connectivity index (χ3v) is 2.46. The van der Waals surface area contributed by atoms with Crippen LogP contribution in [0, 0.1) is 0 Å². The van der Waals surface area contributed by atoms with Gasteiger partial charge in [-0.25, -0.2) is 4.98 Å². The van der Waals surface area contributed by atoms with E-state index in [1.165, 1.54) is 11.7 Å². The average Bonchev–Trinajstić information content (AvgIpc) is 2.32. The second-order valence-corrected chi connectivity index (χ2v) is 3.77. The molecule has 0 saturated heterocycles. The number of nitrogens with zero attached hydrogens (tertiary/aromatic N) is 3. The summed E-state index contributed by atoms with van der Waals surface area (Å²) in [5.74, 6) is 0.146.